The Morgan fingerprint density at radius 3 is 2.24 bits per heavy atom. The Labute approximate surface area is 195 Å². The molecule has 0 bridgehead atoms. The van der Waals surface area contributed by atoms with E-state index in [0.29, 0.717) is 13.0 Å². The molecule has 1 aliphatic heterocycles. The third-order valence-electron chi connectivity index (χ3n) is 5.44. The molecule has 2 aromatic carbocycles. The molecule has 0 saturated carbocycles. The van der Waals surface area contributed by atoms with Crippen LogP contribution in [0.25, 0.3) is 0 Å². The lowest BCUT2D eigenvalue weighted by Crippen LogP contribution is -2.51. The molecule has 176 valence electrons. The highest BCUT2D eigenvalue weighted by Gasteiger charge is 2.42. The van der Waals surface area contributed by atoms with Crippen LogP contribution in [0.2, 0.25) is 0 Å². The Balaban J connectivity index is 1.66. The Morgan fingerprint density at radius 2 is 1.64 bits per heavy atom. The third kappa shape index (κ3) is 6.81. The van der Waals surface area contributed by atoms with Crippen LogP contribution in [0.3, 0.4) is 0 Å². The highest BCUT2D eigenvalue weighted by molar-refractivity contribution is 5.90. The lowest BCUT2D eigenvalue weighted by atomic mass is 9.96. The number of benzene rings is 2. The molecule has 7 nitrogen and oxygen atoms in total. The van der Waals surface area contributed by atoms with Crippen LogP contribution in [-0.2, 0) is 25.7 Å². The number of ether oxygens (including phenoxy) is 2. The van der Waals surface area contributed by atoms with Crippen LogP contribution in [0.4, 0.5) is 4.79 Å². The smallest absolute Gasteiger partial charge is 0.410 e. The van der Waals surface area contributed by atoms with Crippen LogP contribution >= 0.6 is 0 Å². The molecule has 2 aromatic rings. The van der Waals surface area contributed by atoms with Gasteiger partial charge in [0, 0.05) is 12.5 Å². The van der Waals surface area contributed by atoms with E-state index in [1.165, 1.54) is 4.90 Å². The molecule has 1 fully saturated rings. The second kappa shape index (κ2) is 10.5. The van der Waals surface area contributed by atoms with E-state index in [0.717, 1.165) is 11.1 Å². The van der Waals surface area contributed by atoms with E-state index in [-0.39, 0.29) is 12.5 Å². The van der Waals surface area contributed by atoms with Gasteiger partial charge in [-0.05, 0) is 45.2 Å². The van der Waals surface area contributed by atoms with Gasteiger partial charge in [0.25, 0.3) is 0 Å². The van der Waals surface area contributed by atoms with Crippen LogP contribution in [0.1, 0.15) is 51.2 Å². The van der Waals surface area contributed by atoms with Gasteiger partial charge in [-0.3, -0.25) is 9.69 Å². The molecule has 1 heterocycles. The number of esters is 1. The fourth-order valence-corrected chi connectivity index (χ4v) is 3.80. The van der Waals surface area contributed by atoms with Crippen LogP contribution in [0, 0.1) is 0 Å². The zero-order valence-electron chi connectivity index (χ0n) is 19.6. The summed E-state index contributed by atoms with van der Waals surface area (Å²) in [5.74, 6) is -0.938. The van der Waals surface area contributed by atoms with Crippen molar-refractivity contribution in [3.63, 3.8) is 0 Å². The largest absolute Gasteiger partial charge is 0.459 e. The Morgan fingerprint density at radius 1 is 1.03 bits per heavy atom. The molecular formula is C26H32N2O5. The summed E-state index contributed by atoms with van der Waals surface area (Å²) in [6, 6.07) is 17.5. The number of likely N-dealkylation sites (tertiary alicyclic amines) is 1. The predicted octanol–water partition coefficient (Wildman–Crippen LogP) is 4.03. The first kappa shape index (κ1) is 24.3. The second-order valence-corrected chi connectivity index (χ2v) is 9.32. The van der Waals surface area contributed by atoms with E-state index in [9.17, 15) is 14.4 Å². The average molecular weight is 453 g/mol. The van der Waals surface area contributed by atoms with E-state index in [1.54, 1.807) is 27.7 Å². The number of rotatable bonds is 6. The molecule has 33 heavy (non-hydrogen) atoms. The minimum absolute atomic E-state index is 0.00481. The molecule has 7 heteroatoms. The Bertz CT molecular complexity index is 956. The summed E-state index contributed by atoms with van der Waals surface area (Å²) in [6.07, 6.45) is -0.0960. The first-order valence-corrected chi connectivity index (χ1v) is 11.2. The Kier molecular flexibility index (Phi) is 7.74. The number of carbonyl (C=O) groups excluding carboxylic acids is 3. The maximum absolute atomic E-state index is 13.1. The number of nitrogens with one attached hydrogen (secondary N) is 1. The van der Waals surface area contributed by atoms with Crippen molar-refractivity contribution >= 4 is 18.0 Å². The molecule has 3 atom stereocenters. The van der Waals surface area contributed by atoms with Crippen LogP contribution < -0.4 is 5.32 Å². The summed E-state index contributed by atoms with van der Waals surface area (Å²) in [4.78, 5) is 39.9. The van der Waals surface area contributed by atoms with Gasteiger partial charge in [0.15, 0.2) is 0 Å². The van der Waals surface area contributed by atoms with Crippen LogP contribution in [-0.4, -0.2) is 47.1 Å². The summed E-state index contributed by atoms with van der Waals surface area (Å²) < 4.78 is 10.9. The normalized spacial score (nSPS) is 19.0. The van der Waals surface area contributed by atoms with Crippen LogP contribution in [0.15, 0.2) is 60.7 Å². The van der Waals surface area contributed by atoms with Gasteiger partial charge in [0.05, 0.1) is 0 Å². The van der Waals surface area contributed by atoms with Gasteiger partial charge in [0.1, 0.15) is 24.3 Å². The predicted molar refractivity (Wildman–Crippen MR) is 124 cm³/mol. The van der Waals surface area contributed by atoms with Crippen molar-refractivity contribution in [3.05, 3.63) is 71.8 Å². The number of hydrogen-bond acceptors (Lipinski definition) is 5. The van der Waals surface area contributed by atoms with Gasteiger partial charge in [0.2, 0.25) is 5.91 Å². The highest BCUT2D eigenvalue weighted by Crippen LogP contribution is 2.33. The first-order chi connectivity index (χ1) is 15.6. The van der Waals surface area contributed by atoms with Crippen LogP contribution in [0.5, 0.6) is 0 Å². The van der Waals surface area contributed by atoms with Crippen molar-refractivity contribution in [2.75, 3.05) is 6.54 Å². The highest BCUT2D eigenvalue weighted by atomic mass is 16.6. The summed E-state index contributed by atoms with van der Waals surface area (Å²) in [5.41, 5.74) is 1.23. The SMILES string of the molecule is CC(NC(=O)[C@H]1CC(c2ccccc2)CN1C(=O)OC(C)(C)C)C(=O)OCc1ccccc1. The lowest BCUT2D eigenvalue weighted by Gasteiger charge is -2.28. The quantitative estimate of drug-likeness (QED) is 0.669. The number of hydrogen-bond donors (Lipinski definition) is 1. The molecule has 0 spiro atoms. The van der Waals surface area contributed by atoms with Crippen molar-refractivity contribution in [3.8, 4) is 0 Å². The number of nitrogens with zero attached hydrogens (tertiary/aromatic N) is 1. The molecule has 2 amide bonds. The summed E-state index contributed by atoms with van der Waals surface area (Å²) in [5, 5.41) is 2.71. The zero-order chi connectivity index (χ0) is 24.0. The standard InChI is InChI=1S/C26H32N2O5/c1-18(24(30)32-17-19-11-7-5-8-12-19)27-23(29)22-15-21(20-13-9-6-10-14-20)16-28(22)25(31)33-26(2,3)4/h5-14,18,21-22H,15-17H2,1-4H3,(H,27,29)/t18?,21?,22-/m1/s1. The summed E-state index contributed by atoms with van der Waals surface area (Å²) >= 11 is 0. The van der Waals surface area contributed by atoms with Crippen molar-refractivity contribution in [2.45, 2.75) is 64.3 Å². The van der Waals surface area contributed by atoms with Crippen molar-refractivity contribution in [1.82, 2.24) is 10.2 Å². The molecule has 3 rings (SSSR count). The summed E-state index contributed by atoms with van der Waals surface area (Å²) in [6.45, 7) is 7.43. The van der Waals surface area contributed by atoms with E-state index < -0.39 is 35.7 Å². The summed E-state index contributed by atoms with van der Waals surface area (Å²) in [7, 11) is 0. The topological polar surface area (TPSA) is 84.9 Å². The minimum Gasteiger partial charge on any atom is -0.459 e. The van der Waals surface area contributed by atoms with Gasteiger partial charge in [-0.1, -0.05) is 60.7 Å². The third-order valence-corrected chi connectivity index (χ3v) is 5.44. The molecule has 0 aliphatic carbocycles. The van der Waals surface area contributed by atoms with E-state index in [1.807, 2.05) is 60.7 Å². The van der Waals surface area contributed by atoms with Gasteiger partial charge < -0.3 is 14.8 Å². The molecular weight excluding hydrogens is 420 g/mol. The molecule has 1 aliphatic rings. The number of amides is 2. The molecule has 1 saturated heterocycles. The average Bonchev–Trinajstić information content (AvgIpc) is 3.23. The van der Waals surface area contributed by atoms with Crippen molar-refractivity contribution in [2.24, 2.45) is 0 Å². The molecule has 1 N–H and O–H groups in total. The molecule has 0 aromatic heterocycles. The van der Waals surface area contributed by atoms with Crippen molar-refractivity contribution in [1.29, 1.82) is 0 Å². The van der Waals surface area contributed by atoms with Gasteiger partial charge >= 0.3 is 12.1 Å². The fourth-order valence-electron chi connectivity index (χ4n) is 3.80. The van der Waals surface area contributed by atoms with E-state index in [2.05, 4.69) is 5.32 Å². The Hall–Kier alpha value is -3.35. The maximum Gasteiger partial charge on any atom is 0.410 e. The van der Waals surface area contributed by atoms with Gasteiger partial charge in [-0.25, -0.2) is 9.59 Å². The van der Waals surface area contributed by atoms with Gasteiger partial charge in [-0.2, -0.15) is 0 Å². The van der Waals surface area contributed by atoms with Crippen molar-refractivity contribution < 1.29 is 23.9 Å². The minimum atomic E-state index is -0.850. The molecule has 2 unspecified atom stereocenters. The number of carbonyl (C=O) groups is 3. The monoisotopic (exact) mass is 452 g/mol. The zero-order valence-corrected chi connectivity index (χ0v) is 19.6. The second-order valence-electron chi connectivity index (χ2n) is 9.32. The van der Waals surface area contributed by atoms with E-state index in [4.69, 9.17) is 9.47 Å². The fraction of sp³-hybridized carbons (Fsp3) is 0.423. The molecule has 0 radical (unpaired) electrons. The van der Waals surface area contributed by atoms with E-state index >= 15 is 0 Å². The van der Waals surface area contributed by atoms with Gasteiger partial charge in [-0.15, -0.1) is 0 Å². The first-order valence-electron chi connectivity index (χ1n) is 11.2. The maximum atomic E-state index is 13.1. The lowest BCUT2D eigenvalue weighted by molar-refractivity contribution is -0.149.